The second-order valence-electron chi connectivity index (χ2n) is 7.40. The summed E-state index contributed by atoms with van der Waals surface area (Å²) in [7, 11) is 0. The topological polar surface area (TPSA) is 49.8 Å². The number of carbonyl (C=O) groups is 1. The van der Waals surface area contributed by atoms with E-state index in [2.05, 4.69) is 13.0 Å². The predicted molar refractivity (Wildman–Crippen MR) is 81.1 cm³/mol. The number of ether oxygens (including phenoxy) is 1. The molecule has 1 N–H and O–H groups in total. The fourth-order valence-electron chi connectivity index (χ4n) is 5.88. The van der Waals surface area contributed by atoms with Crippen LogP contribution in [-0.4, -0.2) is 28.9 Å². The molecule has 7 atom stereocenters. The number of aliphatic hydroxyl groups excluding tert-OH is 1. The van der Waals surface area contributed by atoms with E-state index in [4.69, 9.17) is 4.74 Å². The van der Waals surface area contributed by atoms with E-state index in [1.165, 1.54) is 0 Å². The Labute approximate surface area is 130 Å². The summed E-state index contributed by atoms with van der Waals surface area (Å²) in [5.74, 6) is 0.796. The number of anilines is 1. The fraction of sp³-hybridized carbons (Fsp3) is 0.611. The highest BCUT2D eigenvalue weighted by Gasteiger charge is 2.77. The van der Waals surface area contributed by atoms with Crippen LogP contribution in [0, 0.1) is 30.6 Å². The lowest BCUT2D eigenvalue weighted by Crippen LogP contribution is -2.50. The number of rotatable bonds is 2. The molecule has 2 aliphatic heterocycles. The van der Waals surface area contributed by atoms with Gasteiger partial charge in [-0.15, -0.1) is 0 Å². The molecular formula is C18H21NO3. The Hall–Kier alpha value is -1.39. The summed E-state index contributed by atoms with van der Waals surface area (Å²) < 4.78 is 6.41. The summed E-state index contributed by atoms with van der Waals surface area (Å²) in [5.41, 5.74) is 1.54. The van der Waals surface area contributed by atoms with E-state index in [0.717, 1.165) is 24.1 Å². The lowest BCUT2D eigenvalue weighted by molar-refractivity contribution is -0.133. The van der Waals surface area contributed by atoms with Gasteiger partial charge in [0.05, 0.1) is 18.1 Å². The van der Waals surface area contributed by atoms with Gasteiger partial charge in [-0.05, 0) is 49.3 Å². The molecule has 0 radical (unpaired) electrons. The first-order chi connectivity index (χ1) is 10.6. The molecule has 2 bridgehead atoms. The maximum absolute atomic E-state index is 13.2. The predicted octanol–water partition coefficient (Wildman–Crippen LogP) is 2.09. The molecule has 2 heterocycles. The number of aliphatic hydroxyl groups is 1. The molecule has 4 heteroatoms. The number of nitrogens with zero attached hydrogens (tertiary/aromatic N) is 1. The van der Waals surface area contributed by atoms with E-state index >= 15 is 0 Å². The zero-order chi connectivity index (χ0) is 15.2. The SMILES string of the molecule is CC[C@]12O[C@@H]3[C@H](O)[C@H]4C[C@H]3[C@@H]1[C@@H]4C(=O)N2c1cccc(C)c1. The molecule has 5 rings (SSSR count). The number of hydrogen-bond donors (Lipinski definition) is 1. The summed E-state index contributed by atoms with van der Waals surface area (Å²) in [6.07, 6.45) is 1.20. The van der Waals surface area contributed by atoms with Crippen LogP contribution in [0.1, 0.15) is 25.3 Å². The lowest BCUT2D eigenvalue weighted by Gasteiger charge is -2.38. The number of benzene rings is 1. The van der Waals surface area contributed by atoms with E-state index in [-0.39, 0.29) is 29.8 Å². The number of aryl methyl sites for hydroxylation is 1. The van der Waals surface area contributed by atoms with Crippen LogP contribution < -0.4 is 4.90 Å². The Balaban J connectivity index is 1.68. The maximum Gasteiger partial charge on any atom is 0.233 e. The van der Waals surface area contributed by atoms with Crippen LogP contribution in [0.15, 0.2) is 24.3 Å². The summed E-state index contributed by atoms with van der Waals surface area (Å²) in [6.45, 7) is 4.14. The molecule has 4 fully saturated rings. The third-order valence-corrected chi connectivity index (χ3v) is 6.56. The molecule has 0 spiro atoms. The van der Waals surface area contributed by atoms with Crippen molar-refractivity contribution in [3.05, 3.63) is 29.8 Å². The molecule has 1 aromatic carbocycles. The van der Waals surface area contributed by atoms with Crippen molar-refractivity contribution in [1.29, 1.82) is 0 Å². The highest BCUT2D eigenvalue weighted by molar-refractivity contribution is 6.00. The molecule has 0 unspecified atom stereocenters. The first kappa shape index (κ1) is 13.1. The van der Waals surface area contributed by atoms with Gasteiger partial charge in [-0.25, -0.2) is 0 Å². The van der Waals surface area contributed by atoms with Crippen LogP contribution in [-0.2, 0) is 9.53 Å². The van der Waals surface area contributed by atoms with E-state index in [0.29, 0.717) is 5.92 Å². The van der Waals surface area contributed by atoms with Crippen molar-refractivity contribution in [2.45, 2.75) is 44.6 Å². The van der Waals surface area contributed by atoms with Gasteiger partial charge in [0, 0.05) is 11.6 Å². The minimum atomic E-state index is -0.545. The van der Waals surface area contributed by atoms with Crippen molar-refractivity contribution in [3.63, 3.8) is 0 Å². The monoisotopic (exact) mass is 299 g/mol. The Morgan fingerprint density at radius 1 is 1.41 bits per heavy atom. The van der Waals surface area contributed by atoms with Crippen molar-refractivity contribution in [2.24, 2.45) is 23.7 Å². The fourth-order valence-corrected chi connectivity index (χ4v) is 5.88. The quantitative estimate of drug-likeness (QED) is 0.910. The van der Waals surface area contributed by atoms with Gasteiger partial charge in [-0.3, -0.25) is 9.69 Å². The molecule has 1 aromatic rings. The number of hydrogen-bond acceptors (Lipinski definition) is 3. The molecular weight excluding hydrogens is 278 g/mol. The van der Waals surface area contributed by atoms with Crippen LogP contribution in [0.5, 0.6) is 0 Å². The third-order valence-electron chi connectivity index (χ3n) is 6.56. The van der Waals surface area contributed by atoms with E-state index < -0.39 is 11.8 Å². The van der Waals surface area contributed by atoms with Gasteiger partial charge >= 0.3 is 0 Å². The van der Waals surface area contributed by atoms with Crippen LogP contribution in [0.4, 0.5) is 5.69 Å². The second-order valence-corrected chi connectivity index (χ2v) is 7.40. The number of carbonyl (C=O) groups excluding carboxylic acids is 1. The Bertz CT molecular complexity index is 674. The minimum absolute atomic E-state index is 0.0563. The highest BCUT2D eigenvalue weighted by atomic mass is 16.6. The largest absolute Gasteiger partial charge is 0.390 e. The summed E-state index contributed by atoms with van der Waals surface area (Å²) in [4.78, 5) is 15.1. The smallest absolute Gasteiger partial charge is 0.233 e. The zero-order valence-corrected chi connectivity index (χ0v) is 12.9. The van der Waals surface area contributed by atoms with Crippen molar-refractivity contribution in [2.75, 3.05) is 4.90 Å². The van der Waals surface area contributed by atoms with Crippen LogP contribution in [0.25, 0.3) is 0 Å². The first-order valence-corrected chi connectivity index (χ1v) is 8.35. The maximum atomic E-state index is 13.2. The van der Waals surface area contributed by atoms with Gasteiger partial charge in [-0.2, -0.15) is 0 Å². The molecule has 116 valence electrons. The standard InChI is InChI=1S/C18H21NO3/c1-3-18-14-12-8-11(15(20)16(12)22-18)13(14)17(21)19(18)10-6-4-5-9(2)7-10/h4-7,11-16,20H,3,8H2,1-2H3/t11-,12-,13+,14+,15+,16-,18-/m0/s1. The van der Waals surface area contributed by atoms with Crippen molar-refractivity contribution >= 4 is 11.6 Å². The molecule has 22 heavy (non-hydrogen) atoms. The van der Waals surface area contributed by atoms with Crippen LogP contribution >= 0.6 is 0 Å². The Kier molecular flexibility index (Phi) is 2.33. The van der Waals surface area contributed by atoms with Gasteiger partial charge in [-0.1, -0.05) is 19.1 Å². The Morgan fingerprint density at radius 3 is 2.95 bits per heavy atom. The average molecular weight is 299 g/mol. The van der Waals surface area contributed by atoms with Gasteiger partial charge in [0.15, 0.2) is 5.72 Å². The zero-order valence-electron chi connectivity index (χ0n) is 12.9. The lowest BCUT2D eigenvalue weighted by atomic mass is 9.76. The minimum Gasteiger partial charge on any atom is -0.390 e. The third kappa shape index (κ3) is 1.23. The van der Waals surface area contributed by atoms with Crippen molar-refractivity contribution in [3.8, 4) is 0 Å². The van der Waals surface area contributed by atoms with Gasteiger partial charge in [0.25, 0.3) is 0 Å². The van der Waals surface area contributed by atoms with E-state index in [1.807, 2.05) is 30.0 Å². The van der Waals surface area contributed by atoms with Crippen molar-refractivity contribution < 1.29 is 14.6 Å². The highest BCUT2D eigenvalue weighted by Crippen LogP contribution is 2.68. The van der Waals surface area contributed by atoms with E-state index in [9.17, 15) is 9.90 Å². The van der Waals surface area contributed by atoms with Crippen LogP contribution in [0.2, 0.25) is 0 Å². The second kappa shape index (κ2) is 3.92. The molecule has 1 amide bonds. The molecule has 2 aliphatic carbocycles. The van der Waals surface area contributed by atoms with Gasteiger partial charge in [0.2, 0.25) is 5.91 Å². The molecule has 2 saturated heterocycles. The molecule has 4 aliphatic rings. The van der Waals surface area contributed by atoms with Gasteiger partial charge < -0.3 is 9.84 Å². The molecule has 4 nitrogen and oxygen atoms in total. The normalized spacial score (nSPS) is 47.8. The summed E-state index contributed by atoms with van der Waals surface area (Å²) >= 11 is 0. The van der Waals surface area contributed by atoms with Gasteiger partial charge in [0.1, 0.15) is 0 Å². The van der Waals surface area contributed by atoms with E-state index in [1.54, 1.807) is 0 Å². The molecule has 2 saturated carbocycles. The van der Waals surface area contributed by atoms with Crippen molar-refractivity contribution in [1.82, 2.24) is 0 Å². The molecule has 0 aromatic heterocycles. The Morgan fingerprint density at radius 2 is 2.23 bits per heavy atom. The summed E-state index contributed by atoms with van der Waals surface area (Å²) in [6, 6.07) is 8.11. The average Bonchev–Trinajstić information content (AvgIpc) is 3.15. The number of amides is 1. The summed E-state index contributed by atoms with van der Waals surface area (Å²) in [5, 5.41) is 10.5. The van der Waals surface area contributed by atoms with Crippen LogP contribution in [0.3, 0.4) is 0 Å². The number of fused-ring (bicyclic) bond motifs is 2. The first-order valence-electron chi connectivity index (χ1n) is 8.35.